The van der Waals surface area contributed by atoms with E-state index in [1.54, 1.807) is 0 Å². The van der Waals surface area contributed by atoms with Crippen molar-refractivity contribution in [2.75, 3.05) is 13.1 Å². The average molecular weight is 326 g/mol. The summed E-state index contributed by atoms with van der Waals surface area (Å²) in [6.07, 6.45) is 2.92. The van der Waals surface area contributed by atoms with Gasteiger partial charge in [0.2, 0.25) is 0 Å². The zero-order chi connectivity index (χ0) is 16.9. The molecular formula is C13H12ClN3O5. The Morgan fingerprint density at radius 3 is 1.86 bits per heavy atom. The molecule has 22 heavy (non-hydrogen) atoms. The summed E-state index contributed by atoms with van der Waals surface area (Å²) < 4.78 is 0. The van der Waals surface area contributed by atoms with E-state index in [1.807, 2.05) is 0 Å². The van der Waals surface area contributed by atoms with E-state index >= 15 is 0 Å². The van der Waals surface area contributed by atoms with E-state index in [0.717, 1.165) is 12.1 Å². The summed E-state index contributed by atoms with van der Waals surface area (Å²) in [7, 11) is 0. The fourth-order valence-corrected chi connectivity index (χ4v) is 1.97. The fourth-order valence-electron chi connectivity index (χ4n) is 1.72. The Labute approximate surface area is 130 Å². The highest BCUT2D eigenvalue weighted by Crippen LogP contribution is 2.35. The number of halogens is 1. The maximum absolute atomic E-state index is 12.3. The predicted molar refractivity (Wildman–Crippen MR) is 81.1 cm³/mol. The van der Waals surface area contributed by atoms with Crippen LogP contribution in [-0.4, -0.2) is 33.7 Å². The van der Waals surface area contributed by atoms with Crippen LogP contribution in [0.25, 0.3) is 0 Å². The lowest BCUT2D eigenvalue weighted by Crippen LogP contribution is -2.31. The Hall–Kier alpha value is -2.74. The fraction of sp³-hybridized carbons (Fsp3) is 0.154. The highest BCUT2D eigenvalue weighted by molar-refractivity contribution is 6.35. The zero-order valence-corrected chi connectivity index (χ0v) is 12.2. The molecule has 0 aliphatic rings. The van der Waals surface area contributed by atoms with Crippen LogP contribution in [0.2, 0.25) is 5.02 Å². The molecule has 9 heteroatoms. The largest absolute Gasteiger partial charge is 0.331 e. The third-order valence-electron chi connectivity index (χ3n) is 2.66. The summed E-state index contributed by atoms with van der Waals surface area (Å²) in [6.45, 7) is 7.32. The van der Waals surface area contributed by atoms with Gasteiger partial charge in [0.25, 0.3) is 17.3 Å². The molecule has 0 fully saturated rings. The molecule has 0 N–H and O–H groups in total. The molecule has 0 aromatic heterocycles. The summed E-state index contributed by atoms with van der Waals surface area (Å²) in [6, 6.07) is 1.83. The van der Waals surface area contributed by atoms with Crippen molar-refractivity contribution in [3.8, 4) is 0 Å². The normalized spacial score (nSPS) is 9.86. The Morgan fingerprint density at radius 1 is 1.14 bits per heavy atom. The molecule has 0 aliphatic heterocycles. The van der Waals surface area contributed by atoms with Crippen LogP contribution in [0.3, 0.4) is 0 Å². The molecule has 1 rings (SSSR count). The molecule has 1 aromatic rings. The number of hydrogen-bond donors (Lipinski definition) is 0. The van der Waals surface area contributed by atoms with E-state index in [9.17, 15) is 25.0 Å². The highest BCUT2D eigenvalue weighted by atomic mass is 35.5. The first-order chi connectivity index (χ1) is 10.3. The van der Waals surface area contributed by atoms with Crippen molar-refractivity contribution in [2.24, 2.45) is 0 Å². The van der Waals surface area contributed by atoms with Gasteiger partial charge < -0.3 is 4.90 Å². The number of carbonyl (C=O) groups excluding carboxylic acids is 1. The predicted octanol–water partition coefficient (Wildman–Crippen LogP) is 2.97. The van der Waals surface area contributed by atoms with Gasteiger partial charge in [0, 0.05) is 25.2 Å². The van der Waals surface area contributed by atoms with Crippen molar-refractivity contribution >= 4 is 28.9 Å². The van der Waals surface area contributed by atoms with Crippen LogP contribution in [0.5, 0.6) is 0 Å². The lowest BCUT2D eigenvalue weighted by atomic mass is 10.1. The van der Waals surface area contributed by atoms with Crippen LogP contribution in [0.15, 0.2) is 37.4 Å². The van der Waals surface area contributed by atoms with E-state index < -0.39 is 32.2 Å². The van der Waals surface area contributed by atoms with Crippen LogP contribution >= 0.6 is 11.6 Å². The van der Waals surface area contributed by atoms with Gasteiger partial charge >= 0.3 is 0 Å². The quantitative estimate of drug-likeness (QED) is 0.435. The van der Waals surface area contributed by atoms with Crippen LogP contribution in [0.4, 0.5) is 11.4 Å². The summed E-state index contributed by atoms with van der Waals surface area (Å²) in [5.74, 6) is -0.623. The standard InChI is InChI=1S/C13H12ClN3O5/c1-3-5-15(6-4-2)13(18)9-7-10(16(19)20)12(14)11(8-9)17(21)22/h3-4,7-8H,1-2,5-6H2. The molecule has 1 aromatic carbocycles. The van der Waals surface area contributed by atoms with Gasteiger partial charge in [-0.1, -0.05) is 23.8 Å². The molecule has 0 atom stereocenters. The van der Waals surface area contributed by atoms with Gasteiger partial charge in [0.15, 0.2) is 5.02 Å². The first-order valence-electron chi connectivity index (χ1n) is 5.96. The van der Waals surface area contributed by atoms with Crippen LogP contribution in [-0.2, 0) is 0 Å². The van der Waals surface area contributed by atoms with Crippen LogP contribution in [0, 0.1) is 20.2 Å². The molecule has 0 bridgehead atoms. The SMILES string of the molecule is C=CCN(CC=C)C(=O)c1cc([N+](=O)[O-])c(Cl)c([N+](=O)[O-])c1. The highest BCUT2D eigenvalue weighted by Gasteiger charge is 2.28. The van der Waals surface area contributed by atoms with Gasteiger partial charge in [-0.25, -0.2) is 0 Å². The Morgan fingerprint density at radius 2 is 1.55 bits per heavy atom. The molecule has 116 valence electrons. The second-order valence-corrected chi connectivity index (χ2v) is 4.51. The molecule has 0 aliphatic carbocycles. The van der Waals surface area contributed by atoms with Crippen molar-refractivity contribution in [2.45, 2.75) is 0 Å². The van der Waals surface area contributed by atoms with Gasteiger partial charge in [-0.2, -0.15) is 0 Å². The Bertz CT molecular complexity index is 614. The minimum atomic E-state index is -0.878. The first kappa shape index (κ1) is 17.3. The summed E-state index contributed by atoms with van der Waals surface area (Å²) in [5.41, 5.74) is -1.60. The zero-order valence-electron chi connectivity index (χ0n) is 11.4. The number of carbonyl (C=O) groups is 1. The van der Waals surface area contributed by atoms with E-state index in [0.29, 0.717) is 0 Å². The number of hydrogen-bond acceptors (Lipinski definition) is 5. The second-order valence-electron chi connectivity index (χ2n) is 4.13. The summed E-state index contributed by atoms with van der Waals surface area (Å²) in [4.78, 5) is 33.7. The molecule has 0 spiro atoms. The minimum Gasteiger partial charge on any atom is -0.331 e. The van der Waals surface area contributed by atoms with E-state index in [2.05, 4.69) is 13.2 Å². The first-order valence-corrected chi connectivity index (χ1v) is 6.34. The van der Waals surface area contributed by atoms with Gasteiger partial charge in [-0.05, 0) is 0 Å². The summed E-state index contributed by atoms with van der Waals surface area (Å²) >= 11 is 5.64. The van der Waals surface area contributed by atoms with Crippen molar-refractivity contribution in [1.82, 2.24) is 4.90 Å². The smallest absolute Gasteiger partial charge is 0.295 e. The van der Waals surface area contributed by atoms with Gasteiger partial charge in [0.1, 0.15) is 0 Å². The van der Waals surface area contributed by atoms with Crippen molar-refractivity contribution < 1.29 is 14.6 Å². The van der Waals surface area contributed by atoms with Crippen LogP contribution < -0.4 is 0 Å². The molecule has 0 heterocycles. The number of nitro groups is 2. The van der Waals surface area contributed by atoms with E-state index in [4.69, 9.17) is 11.6 Å². The molecule has 8 nitrogen and oxygen atoms in total. The average Bonchev–Trinajstić information content (AvgIpc) is 2.45. The Balaban J connectivity index is 3.42. The summed E-state index contributed by atoms with van der Waals surface area (Å²) in [5, 5.41) is 21.2. The second kappa shape index (κ2) is 7.32. The Kier molecular flexibility index (Phi) is 5.76. The van der Waals surface area contributed by atoms with Crippen molar-refractivity contribution in [3.63, 3.8) is 0 Å². The molecular weight excluding hydrogens is 314 g/mol. The van der Waals surface area contributed by atoms with E-state index in [-0.39, 0.29) is 18.7 Å². The van der Waals surface area contributed by atoms with Gasteiger partial charge in [-0.3, -0.25) is 25.0 Å². The molecule has 1 amide bonds. The lowest BCUT2D eigenvalue weighted by molar-refractivity contribution is -0.393. The minimum absolute atomic E-state index is 0.162. The number of benzene rings is 1. The lowest BCUT2D eigenvalue weighted by Gasteiger charge is -2.19. The van der Waals surface area contributed by atoms with Gasteiger partial charge in [-0.15, -0.1) is 13.2 Å². The number of nitrogens with zero attached hydrogens (tertiary/aromatic N) is 3. The maximum atomic E-state index is 12.3. The third-order valence-corrected chi connectivity index (χ3v) is 3.05. The number of amides is 1. The number of rotatable bonds is 7. The van der Waals surface area contributed by atoms with Crippen molar-refractivity contribution in [3.05, 3.63) is 68.3 Å². The van der Waals surface area contributed by atoms with E-state index in [1.165, 1.54) is 17.1 Å². The molecule has 0 unspecified atom stereocenters. The van der Waals surface area contributed by atoms with Crippen LogP contribution in [0.1, 0.15) is 10.4 Å². The topological polar surface area (TPSA) is 107 Å². The third kappa shape index (κ3) is 3.67. The molecule has 0 saturated heterocycles. The monoisotopic (exact) mass is 325 g/mol. The van der Waals surface area contributed by atoms with Crippen molar-refractivity contribution in [1.29, 1.82) is 0 Å². The number of nitro benzene ring substituents is 2. The van der Waals surface area contributed by atoms with Gasteiger partial charge in [0.05, 0.1) is 15.4 Å². The molecule has 0 saturated carbocycles. The maximum Gasteiger partial charge on any atom is 0.295 e. The molecule has 0 radical (unpaired) electrons.